The van der Waals surface area contributed by atoms with Crippen LogP contribution >= 0.6 is 24.0 Å². The van der Waals surface area contributed by atoms with Gasteiger partial charge >= 0.3 is 5.97 Å². The average Bonchev–Trinajstić information content (AvgIpc) is 3.09. The van der Waals surface area contributed by atoms with Crippen molar-refractivity contribution in [1.82, 2.24) is 4.90 Å². The van der Waals surface area contributed by atoms with Crippen molar-refractivity contribution in [2.45, 2.75) is 39.5 Å². The van der Waals surface area contributed by atoms with Gasteiger partial charge in [-0.1, -0.05) is 54.7 Å². The van der Waals surface area contributed by atoms with Gasteiger partial charge in [0.1, 0.15) is 4.32 Å². The number of methoxy groups -OCH3 is 1. The highest BCUT2D eigenvalue weighted by molar-refractivity contribution is 8.26. The van der Waals surface area contributed by atoms with E-state index in [0.29, 0.717) is 27.8 Å². The number of nitrogens with one attached hydrogen (secondary N) is 1. The number of thioether (sulfide) groups is 1. The molecule has 1 saturated heterocycles. The molecule has 6 nitrogen and oxygen atoms in total. The molecule has 3 rings (SSSR count). The molecule has 2 amide bonds. The fourth-order valence-corrected chi connectivity index (χ4v) is 4.82. The number of carbonyl (C=O) groups excluding carboxylic acids is 3. The van der Waals surface area contributed by atoms with Gasteiger partial charge in [0, 0.05) is 18.7 Å². The van der Waals surface area contributed by atoms with Crippen LogP contribution in [0.15, 0.2) is 47.4 Å². The molecule has 8 heteroatoms. The standard InChI is InChI=1S/C26H28N2O4S2/c1-17-8-7-9-21(18(17)2)27-23(29)10-5-4-6-15-28-24(30)22(34-26(28)33)16-19-11-13-20(14-12-19)25(31)32-3/h7-9,11-14,16H,4-6,10,15H2,1-3H3,(H,27,29). The zero-order valence-corrected chi connectivity index (χ0v) is 21.2. The van der Waals surface area contributed by atoms with Gasteiger partial charge in [-0.05, 0) is 67.7 Å². The van der Waals surface area contributed by atoms with Crippen molar-refractivity contribution in [3.63, 3.8) is 0 Å². The fourth-order valence-electron chi connectivity index (χ4n) is 3.51. The average molecular weight is 497 g/mol. The van der Waals surface area contributed by atoms with Crippen molar-refractivity contribution in [1.29, 1.82) is 0 Å². The number of esters is 1. The number of unbranched alkanes of at least 4 members (excludes halogenated alkanes) is 2. The minimum Gasteiger partial charge on any atom is -0.465 e. The van der Waals surface area contributed by atoms with Crippen molar-refractivity contribution in [3.05, 3.63) is 69.6 Å². The minimum absolute atomic E-state index is 0.000428. The Morgan fingerprint density at radius 3 is 2.53 bits per heavy atom. The molecular formula is C26H28N2O4S2. The molecule has 0 unspecified atom stereocenters. The minimum atomic E-state index is -0.402. The first-order chi connectivity index (χ1) is 16.3. The lowest BCUT2D eigenvalue weighted by atomic mass is 10.1. The second-order valence-electron chi connectivity index (χ2n) is 8.05. The van der Waals surface area contributed by atoms with E-state index in [2.05, 4.69) is 5.32 Å². The molecule has 1 aliphatic rings. The molecule has 0 aliphatic carbocycles. The van der Waals surface area contributed by atoms with Crippen LogP contribution in [0.1, 0.15) is 52.7 Å². The molecule has 0 spiro atoms. The fraction of sp³-hybridized carbons (Fsp3) is 0.308. The summed E-state index contributed by atoms with van der Waals surface area (Å²) in [6.07, 6.45) is 4.55. The lowest BCUT2D eigenvalue weighted by Crippen LogP contribution is -2.29. The summed E-state index contributed by atoms with van der Waals surface area (Å²) < 4.78 is 5.24. The monoisotopic (exact) mass is 496 g/mol. The van der Waals surface area contributed by atoms with Crippen molar-refractivity contribution in [2.75, 3.05) is 19.0 Å². The van der Waals surface area contributed by atoms with Gasteiger partial charge < -0.3 is 10.1 Å². The second kappa shape index (κ2) is 11.9. The molecule has 2 aromatic carbocycles. The smallest absolute Gasteiger partial charge is 0.337 e. The van der Waals surface area contributed by atoms with Crippen molar-refractivity contribution in [2.24, 2.45) is 0 Å². The summed E-state index contributed by atoms with van der Waals surface area (Å²) in [5, 5.41) is 2.98. The van der Waals surface area contributed by atoms with E-state index < -0.39 is 5.97 Å². The molecule has 34 heavy (non-hydrogen) atoms. The van der Waals surface area contributed by atoms with Crippen LogP contribution in [0, 0.1) is 13.8 Å². The number of nitrogens with zero attached hydrogens (tertiary/aromatic N) is 1. The second-order valence-corrected chi connectivity index (χ2v) is 9.73. The molecule has 0 saturated carbocycles. The van der Waals surface area contributed by atoms with Crippen LogP contribution in [0.2, 0.25) is 0 Å². The summed E-state index contributed by atoms with van der Waals surface area (Å²) in [7, 11) is 1.34. The van der Waals surface area contributed by atoms with E-state index in [1.807, 2.05) is 32.0 Å². The van der Waals surface area contributed by atoms with E-state index in [0.717, 1.165) is 41.6 Å². The lowest BCUT2D eigenvalue weighted by Gasteiger charge is -2.14. The first-order valence-electron chi connectivity index (χ1n) is 11.1. The third-order valence-electron chi connectivity index (χ3n) is 5.67. The maximum absolute atomic E-state index is 12.8. The Bertz CT molecular complexity index is 1130. The lowest BCUT2D eigenvalue weighted by molar-refractivity contribution is -0.122. The number of thiocarbonyl (C=S) groups is 1. The summed E-state index contributed by atoms with van der Waals surface area (Å²) in [5.74, 6) is -0.513. The Morgan fingerprint density at radius 1 is 1.09 bits per heavy atom. The van der Waals surface area contributed by atoms with Crippen LogP contribution in [-0.4, -0.2) is 40.7 Å². The summed E-state index contributed by atoms with van der Waals surface area (Å²) in [4.78, 5) is 38.8. The maximum atomic E-state index is 12.8. The molecule has 0 radical (unpaired) electrons. The van der Waals surface area contributed by atoms with E-state index in [-0.39, 0.29) is 11.8 Å². The van der Waals surface area contributed by atoms with Gasteiger partial charge in [0.25, 0.3) is 5.91 Å². The molecule has 1 N–H and O–H groups in total. The number of hydrogen-bond donors (Lipinski definition) is 1. The summed E-state index contributed by atoms with van der Waals surface area (Å²) in [6, 6.07) is 12.7. The largest absolute Gasteiger partial charge is 0.465 e. The number of carbonyl (C=O) groups is 3. The zero-order valence-electron chi connectivity index (χ0n) is 19.6. The Hall–Kier alpha value is -2.97. The summed E-state index contributed by atoms with van der Waals surface area (Å²) >= 11 is 6.68. The van der Waals surface area contributed by atoms with Crippen LogP contribution in [0.25, 0.3) is 6.08 Å². The Labute approximate surface area is 209 Å². The van der Waals surface area contributed by atoms with Crippen molar-refractivity contribution >= 4 is 57.8 Å². The van der Waals surface area contributed by atoms with E-state index in [1.165, 1.54) is 18.9 Å². The van der Waals surface area contributed by atoms with Gasteiger partial charge in [0.2, 0.25) is 5.91 Å². The normalized spacial score (nSPS) is 14.6. The zero-order chi connectivity index (χ0) is 24.7. The van der Waals surface area contributed by atoms with E-state index in [9.17, 15) is 14.4 Å². The predicted octanol–water partition coefficient (Wildman–Crippen LogP) is 5.49. The van der Waals surface area contributed by atoms with Crippen LogP contribution < -0.4 is 5.32 Å². The Balaban J connectivity index is 1.44. The summed E-state index contributed by atoms with van der Waals surface area (Å²) in [6.45, 7) is 4.55. The number of aryl methyl sites for hydroxylation is 1. The molecule has 178 valence electrons. The van der Waals surface area contributed by atoms with Gasteiger partial charge in [-0.25, -0.2) is 4.79 Å². The van der Waals surface area contributed by atoms with Crippen LogP contribution in [-0.2, 0) is 14.3 Å². The molecule has 0 aromatic heterocycles. The van der Waals surface area contributed by atoms with Crippen molar-refractivity contribution in [3.8, 4) is 0 Å². The van der Waals surface area contributed by atoms with Crippen LogP contribution in [0.3, 0.4) is 0 Å². The first kappa shape index (κ1) is 25.6. The molecule has 1 heterocycles. The van der Waals surface area contributed by atoms with Gasteiger partial charge in [-0.15, -0.1) is 0 Å². The van der Waals surface area contributed by atoms with E-state index in [1.54, 1.807) is 35.2 Å². The SMILES string of the molecule is COC(=O)c1ccc(C=C2SC(=S)N(CCCCCC(=O)Nc3cccc(C)c3C)C2=O)cc1. The number of anilines is 1. The highest BCUT2D eigenvalue weighted by Gasteiger charge is 2.31. The van der Waals surface area contributed by atoms with E-state index >= 15 is 0 Å². The quantitative estimate of drug-likeness (QED) is 0.214. The topological polar surface area (TPSA) is 75.7 Å². The highest BCUT2D eigenvalue weighted by Crippen LogP contribution is 2.32. The molecule has 0 atom stereocenters. The van der Waals surface area contributed by atoms with Gasteiger partial charge in [-0.3, -0.25) is 14.5 Å². The van der Waals surface area contributed by atoms with Gasteiger partial charge in [-0.2, -0.15) is 0 Å². The van der Waals surface area contributed by atoms with E-state index in [4.69, 9.17) is 17.0 Å². The number of rotatable bonds is 9. The molecule has 1 fully saturated rings. The van der Waals surface area contributed by atoms with Crippen molar-refractivity contribution < 1.29 is 19.1 Å². The van der Waals surface area contributed by atoms with Gasteiger partial charge in [0.05, 0.1) is 17.6 Å². The van der Waals surface area contributed by atoms with Crippen LogP contribution in [0.4, 0.5) is 5.69 Å². The van der Waals surface area contributed by atoms with Crippen LogP contribution in [0.5, 0.6) is 0 Å². The highest BCUT2D eigenvalue weighted by atomic mass is 32.2. The maximum Gasteiger partial charge on any atom is 0.337 e. The predicted molar refractivity (Wildman–Crippen MR) is 141 cm³/mol. The molecule has 2 aromatic rings. The first-order valence-corrected chi connectivity index (χ1v) is 12.3. The van der Waals surface area contributed by atoms with Gasteiger partial charge in [0.15, 0.2) is 0 Å². The number of amides is 2. The molecule has 1 aliphatic heterocycles. The number of ether oxygens (including phenoxy) is 1. The number of benzene rings is 2. The molecular weight excluding hydrogens is 468 g/mol. The Kier molecular flexibility index (Phi) is 9.01. The number of hydrogen-bond acceptors (Lipinski definition) is 6. The molecule has 0 bridgehead atoms. The third-order valence-corrected chi connectivity index (χ3v) is 7.05. The third kappa shape index (κ3) is 6.55. The summed E-state index contributed by atoms with van der Waals surface area (Å²) in [5.41, 5.74) is 4.35. The Morgan fingerprint density at radius 2 is 1.82 bits per heavy atom.